The molecule has 3 N–H and O–H groups in total. The Morgan fingerprint density at radius 2 is 2.27 bits per heavy atom. The molecule has 0 aromatic heterocycles. The summed E-state index contributed by atoms with van der Waals surface area (Å²) in [6.07, 6.45) is -0.462. The van der Waals surface area contributed by atoms with Gasteiger partial charge in [0.2, 0.25) is 0 Å². The fraction of sp³-hybridized carbons (Fsp3) is 0.500. The van der Waals surface area contributed by atoms with E-state index < -0.39 is 22.8 Å². The predicted molar refractivity (Wildman–Crippen MR) is 101 cm³/mol. The minimum Gasteiger partial charge on any atom is -0.442 e. The lowest BCUT2D eigenvalue weighted by Crippen LogP contribution is -2.32. The molecule has 7 nitrogen and oxygen atoms in total. The number of anilines is 1. The Bertz CT molecular complexity index is 708. The first-order valence-electron chi connectivity index (χ1n) is 8.17. The summed E-state index contributed by atoms with van der Waals surface area (Å²) in [6.45, 7) is 2.51. The molecule has 0 radical (unpaired) electrons. The van der Waals surface area contributed by atoms with Crippen LogP contribution in [0, 0.1) is 5.82 Å². The summed E-state index contributed by atoms with van der Waals surface area (Å²) in [5.74, 6) is -0.624. The number of cyclic esters (lactones) is 1. The monoisotopic (exact) mass is 404 g/mol. The molecular formula is C16H21FN2O5S2. The van der Waals surface area contributed by atoms with E-state index in [2.05, 4.69) is 5.32 Å². The molecule has 0 spiro atoms. The van der Waals surface area contributed by atoms with E-state index in [1.807, 2.05) is 0 Å². The zero-order chi connectivity index (χ0) is 18.9. The van der Waals surface area contributed by atoms with Crippen LogP contribution in [0.25, 0.3) is 0 Å². The molecule has 2 aliphatic heterocycles. The topological polar surface area (TPSA) is 91.3 Å². The maximum absolute atomic E-state index is 14.6. The van der Waals surface area contributed by atoms with Gasteiger partial charge in [0.05, 0.1) is 41.2 Å². The second kappa shape index (κ2) is 7.65. The van der Waals surface area contributed by atoms with E-state index in [9.17, 15) is 18.3 Å². The molecule has 1 aromatic rings. The van der Waals surface area contributed by atoms with Crippen LogP contribution in [0.5, 0.6) is 0 Å². The molecule has 1 amide bonds. The molecule has 3 rings (SSSR count). The number of thiocarbonyl (C=S) groups is 1. The van der Waals surface area contributed by atoms with E-state index in [0.29, 0.717) is 35.7 Å². The van der Waals surface area contributed by atoms with Crippen molar-refractivity contribution in [2.75, 3.05) is 30.3 Å². The van der Waals surface area contributed by atoms with Crippen molar-refractivity contribution >= 4 is 39.9 Å². The van der Waals surface area contributed by atoms with Crippen LogP contribution in [0.15, 0.2) is 18.2 Å². The molecule has 144 valence electrons. The number of rotatable bonds is 4. The highest BCUT2D eigenvalue weighted by Crippen LogP contribution is 2.47. The maximum atomic E-state index is 14.6. The molecule has 0 aliphatic carbocycles. The molecule has 26 heavy (non-hydrogen) atoms. The number of nitrogens with zero attached hydrogens (tertiary/aromatic N) is 1. The fourth-order valence-electron chi connectivity index (χ4n) is 2.99. The highest BCUT2D eigenvalue weighted by molar-refractivity contribution is 8.20. The second-order valence-corrected chi connectivity index (χ2v) is 8.81. The van der Waals surface area contributed by atoms with E-state index >= 15 is 0 Å². The van der Waals surface area contributed by atoms with Gasteiger partial charge in [-0.05, 0) is 31.0 Å². The van der Waals surface area contributed by atoms with Crippen molar-refractivity contribution in [2.45, 2.75) is 25.4 Å². The number of hydrogen-bond donors (Lipinski definition) is 3. The quantitative estimate of drug-likeness (QED) is 0.664. The van der Waals surface area contributed by atoms with Gasteiger partial charge in [0.1, 0.15) is 11.9 Å². The standard InChI is InChI=1S/C16H21FN2O5S2/c1-10(25)18-7-13-8-19(16(20)24-13)12-2-3-14(15(17)6-12)11-4-5-26(21,22)23-9-11/h2-3,6,11,13,21-22H,4-5,7-9H2,1H3,(H,18,25). The number of amides is 1. The van der Waals surface area contributed by atoms with Crippen molar-refractivity contribution in [3.05, 3.63) is 29.6 Å². The van der Waals surface area contributed by atoms with Crippen LogP contribution >= 0.6 is 23.1 Å². The van der Waals surface area contributed by atoms with Gasteiger partial charge >= 0.3 is 6.09 Å². The summed E-state index contributed by atoms with van der Waals surface area (Å²) in [4.78, 5) is 14.0. The van der Waals surface area contributed by atoms with Crippen LogP contribution in [0.1, 0.15) is 24.8 Å². The second-order valence-electron chi connectivity index (χ2n) is 6.34. The van der Waals surface area contributed by atoms with Gasteiger partial charge in [-0.2, -0.15) is 0 Å². The van der Waals surface area contributed by atoms with Crippen molar-refractivity contribution in [2.24, 2.45) is 0 Å². The Morgan fingerprint density at radius 3 is 2.88 bits per heavy atom. The number of benzene rings is 1. The number of carbonyl (C=O) groups excluding carboxylic acids is 1. The summed E-state index contributed by atoms with van der Waals surface area (Å²) in [6, 6.07) is 4.56. The third kappa shape index (κ3) is 4.44. The van der Waals surface area contributed by atoms with Gasteiger partial charge in [0, 0.05) is 11.7 Å². The minimum atomic E-state index is -2.99. The number of nitrogens with one attached hydrogen (secondary N) is 1. The van der Waals surface area contributed by atoms with Gasteiger partial charge < -0.3 is 19.2 Å². The van der Waals surface area contributed by atoms with Gasteiger partial charge in [-0.3, -0.25) is 9.08 Å². The normalized spacial score (nSPS) is 26.3. The summed E-state index contributed by atoms with van der Waals surface area (Å²) in [7, 11) is -2.99. The van der Waals surface area contributed by atoms with Crippen LogP contribution in [0.4, 0.5) is 14.9 Å². The Morgan fingerprint density at radius 1 is 1.50 bits per heavy atom. The fourth-order valence-corrected chi connectivity index (χ4v) is 4.16. The maximum Gasteiger partial charge on any atom is 0.414 e. The van der Waals surface area contributed by atoms with Crippen molar-refractivity contribution in [1.29, 1.82) is 0 Å². The van der Waals surface area contributed by atoms with Crippen molar-refractivity contribution in [3.63, 3.8) is 0 Å². The SMILES string of the molecule is CC(=S)NCC1CN(c2ccc(C3CCS(O)(O)OC3)c(F)c2)C(=O)O1. The lowest BCUT2D eigenvalue weighted by atomic mass is 9.96. The summed E-state index contributed by atoms with van der Waals surface area (Å²) in [5, 5.41) is 2.95. The average Bonchev–Trinajstić information content (AvgIpc) is 2.94. The van der Waals surface area contributed by atoms with E-state index in [1.165, 1.54) is 11.0 Å². The number of ether oxygens (including phenoxy) is 1. The van der Waals surface area contributed by atoms with Gasteiger partial charge in [-0.15, -0.1) is 0 Å². The number of carbonyl (C=O) groups is 1. The lowest BCUT2D eigenvalue weighted by molar-refractivity contribution is 0.143. The highest BCUT2D eigenvalue weighted by atomic mass is 32.3. The molecule has 2 saturated heterocycles. The first-order chi connectivity index (χ1) is 12.2. The largest absolute Gasteiger partial charge is 0.442 e. The molecule has 2 atom stereocenters. The molecular weight excluding hydrogens is 383 g/mol. The third-order valence-corrected chi connectivity index (χ3v) is 5.80. The summed E-state index contributed by atoms with van der Waals surface area (Å²) in [5.41, 5.74) is 0.851. The van der Waals surface area contributed by atoms with Crippen LogP contribution in [0.3, 0.4) is 0 Å². The van der Waals surface area contributed by atoms with Crippen LogP contribution in [-0.4, -0.2) is 51.7 Å². The third-order valence-electron chi connectivity index (χ3n) is 4.38. The van der Waals surface area contributed by atoms with E-state index in [0.717, 1.165) is 0 Å². The molecule has 2 fully saturated rings. The lowest BCUT2D eigenvalue weighted by Gasteiger charge is -2.35. The van der Waals surface area contributed by atoms with Crippen LogP contribution in [0.2, 0.25) is 0 Å². The molecule has 0 bridgehead atoms. The molecule has 1 aromatic carbocycles. The average molecular weight is 404 g/mol. The smallest absolute Gasteiger partial charge is 0.414 e. The first kappa shape index (κ1) is 19.3. The first-order valence-corrected chi connectivity index (χ1v) is 10.2. The Balaban J connectivity index is 1.68. The molecule has 2 unspecified atom stereocenters. The number of hydrogen-bond acceptors (Lipinski definition) is 6. The van der Waals surface area contributed by atoms with Gasteiger partial charge in [0.15, 0.2) is 0 Å². The van der Waals surface area contributed by atoms with Crippen LogP contribution in [-0.2, 0) is 8.92 Å². The van der Waals surface area contributed by atoms with Gasteiger partial charge in [0.25, 0.3) is 0 Å². The Labute approximate surface area is 158 Å². The van der Waals surface area contributed by atoms with Gasteiger partial charge in [-0.1, -0.05) is 18.3 Å². The molecule has 10 heteroatoms. The zero-order valence-electron chi connectivity index (χ0n) is 14.2. The van der Waals surface area contributed by atoms with Gasteiger partial charge in [-0.25, -0.2) is 9.18 Å². The molecule has 2 heterocycles. The Hall–Kier alpha value is -1.46. The molecule has 0 saturated carbocycles. The van der Waals surface area contributed by atoms with Crippen molar-refractivity contribution < 1.29 is 27.2 Å². The predicted octanol–water partition coefficient (Wildman–Crippen LogP) is 3.26. The van der Waals surface area contributed by atoms with Crippen LogP contribution < -0.4 is 10.2 Å². The Kier molecular flexibility index (Phi) is 5.68. The highest BCUT2D eigenvalue weighted by Gasteiger charge is 2.34. The van der Waals surface area contributed by atoms with E-state index in [4.69, 9.17) is 21.1 Å². The number of halogens is 1. The summed E-state index contributed by atoms with van der Waals surface area (Å²) >= 11 is 4.94. The zero-order valence-corrected chi connectivity index (χ0v) is 15.8. The minimum absolute atomic E-state index is 0.0506. The van der Waals surface area contributed by atoms with Crippen molar-refractivity contribution in [1.82, 2.24) is 5.32 Å². The van der Waals surface area contributed by atoms with E-state index in [1.54, 1.807) is 19.1 Å². The molecule has 2 aliphatic rings. The van der Waals surface area contributed by atoms with Crippen molar-refractivity contribution in [3.8, 4) is 0 Å². The summed E-state index contributed by atoms with van der Waals surface area (Å²) < 4.78 is 43.8. The van der Waals surface area contributed by atoms with E-state index in [-0.39, 0.29) is 24.4 Å².